The average Bonchev–Trinajstić information content (AvgIpc) is 2.70. The molecule has 0 aliphatic rings. The summed E-state index contributed by atoms with van der Waals surface area (Å²) in [5.41, 5.74) is 8.98. The summed E-state index contributed by atoms with van der Waals surface area (Å²) in [7, 11) is 0. The first-order valence-electron chi connectivity index (χ1n) is 5.76. The molecule has 0 aliphatic heterocycles. The zero-order chi connectivity index (χ0) is 12.3. The molecule has 90 valence electrons. The molecule has 3 heteroatoms. The van der Waals surface area contributed by atoms with Gasteiger partial charge in [0.15, 0.2) is 0 Å². The van der Waals surface area contributed by atoms with Gasteiger partial charge in [-0.05, 0) is 43.2 Å². The number of rotatable bonds is 4. The summed E-state index contributed by atoms with van der Waals surface area (Å²) in [5.74, 6) is 1.92. The highest BCUT2D eigenvalue weighted by Crippen LogP contribution is 2.12. The van der Waals surface area contributed by atoms with Crippen LogP contribution in [0.2, 0.25) is 0 Å². The maximum atomic E-state index is 5.78. The van der Waals surface area contributed by atoms with Crippen molar-refractivity contribution in [2.75, 3.05) is 5.73 Å². The van der Waals surface area contributed by atoms with Gasteiger partial charge in [-0.1, -0.05) is 12.1 Å². The third-order valence-corrected chi connectivity index (χ3v) is 2.76. The van der Waals surface area contributed by atoms with Crippen molar-refractivity contribution in [1.29, 1.82) is 0 Å². The predicted molar refractivity (Wildman–Crippen MR) is 69.6 cm³/mol. The number of hydrogen-bond donors (Lipinski definition) is 2. The van der Waals surface area contributed by atoms with E-state index in [1.54, 1.807) is 0 Å². The summed E-state index contributed by atoms with van der Waals surface area (Å²) in [4.78, 5) is 0. The third kappa shape index (κ3) is 3.11. The van der Waals surface area contributed by atoms with Crippen LogP contribution >= 0.6 is 0 Å². The van der Waals surface area contributed by atoms with Crippen LogP contribution in [0.25, 0.3) is 0 Å². The fraction of sp³-hybridized carbons (Fsp3) is 0.286. The van der Waals surface area contributed by atoms with Crippen molar-refractivity contribution < 1.29 is 4.42 Å². The van der Waals surface area contributed by atoms with Gasteiger partial charge in [0.2, 0.25) is 0 Å². The van der Waals surface area contributed by atoms with Crippen LogP contribution in [0.5, 0.6) is 0 Å². The first kappa shape index (κ1) is 11.7. The number of aryl methyl sites for hydroxylation is 2. The second-order valence-electron chi connectivity index (χ2n) is 4.31. The van der Waals surface area contributed by atoms with Crippen LogP contribution < -0.4 is 11.1 Å². The lowest BCUT2D eigenvalue weighted by Gasteiger charge is -2.06. The van der Waals surface area contributed by atoms with E-state index < -0.39 is 0 Å². The number of nitrogens with two attached hydrogens (primary N) is 1. The molecule has 0 saturated carbocycles. The van der Waals surface area contributed by atoms with Crippen LogP contribution in [0.1, 0.15) is 22.6 Å². The number of hydrogen-bond acceptors (Lipinski definition) is 3. The molecule has 0 amide bonds. The molecule has 0 radical (unpaired) electrons. The zero-order valence-electron chi connectivity index (χ0n) is 10.3. The van der Waals surface area contributed by atoms with E-state index in [0.717, 1.165) is 35.9 Å². The number of nitrogen functional groups attached to an aromatic ring is 1. The smallest absolute Gasteiger partial charge is 0.117 e. The number of anilines is 1. The minimum absolute atomic E-state index is 0.747. The number of nitrogens with one attached hydrogen (secondary N) is 1. The van der Waals surface area contributed by atoms with Crippen molar-refractivity contribution in [2.24, 2.45) is 0 Å². The molecular weight excluding hydrogens is 212 g/mol. The Hall–Kier alpha value is -1.74. The normalized spacial score (nSPS) is 10.7. The summed E-state index contributed by atoms with van der Waals surface area (Å²) in [5, 5.41) is 3.34. The summed E-state index contributed by atoms with van der Waals surface area (Å²) in [6.07, 6.45) is 0. The molecule has 17 heavy (non-hydrogen) atoms. The highest BCUT2D eigenvalue weighted by Gasteiger charge is 1.99. The van der Waals surface area contributed by atoms with Crippen molar-refractivity contribution in [1.82, 2.24) is 5.32 Å². The van der Waals surface area contributed by atoms with Crippen LogP contribution in [0, 0.1) is 13.8 Å². The van der Waals surface area contributed by atoms with Crippen molar-refractivity contribution in [3.05, 3.63) is 53.0 Å². The van der Waals surface area contributed by atoms with Crippen LogP contribution in [0.4, 0.5) is 5.69 Å². The molecule has 0 aliphatic carbocycles. The van der Waals surface area contributed by atoms with Crippen molar-refractivity contribution >= 4 is 5.69 Å². The topological polar surface area (TPSA) is 51.2 Å². The fourth-order valence-corrected chi connectivity index (χ4v) is 1.76. The molecule has 2 aromatic rings. The Labute approximate surface area is 102 Å². The van der Waals surface area contributed by atoms with E-state index in [1.165, 1.54) is 5.56 Å². The first-order valence-corrected chi connectivity index (χ1v) is 5.76. The SMILES string of the molecule is Cc1ccc(CNCc2ccc(N)c(C)c2)o1. The maximum Gasteiger partial charge on any atom is 0.117 e. The molecule has 1 aromatic carbocycles. The Kier molecular flexibility index (Phi) is 3.49. The van der Waals surface area contributed by atoms with Gasteiger partial charge in [0.1, 0.15) is 11.5 Å². The predicted octanol–water partition coefficient (Wildman–Crippen LogP) is 2.77. The van der Waals surface area contributed by atoms with Gasteiger partial charge in [0, 0.05) is 12.2 Å². The Morgan fingerprint density at radius 3 is 2.59 bits per heavy atom. The van der Waals surface area contributed by atoms with Gasteiger partial charge in [-0.25, -0.2) is 0 Å². The Bertz CT molecular complexity index is 503. The molecule has 3 nitrogen and oxygen atoms in total. The van der Waals surface area contributed by atoms with Crippen LogP contribution in [-0.2, 0) is 13.1 Å². The van der Waals surface area contributed by atoms with E-state index in [9.17, 15) is 0 Å². The molecule has 0 spiro atoms. The summed E-state index contributed by atoms with van der Waals surface area (Å²) in [6, 6.07) is 10.1. The Morgan fingerprint density at radius 2 is 1.94 bits per heavy atom. The summed E-state index contributed by atoms with van der Waals surface area (Å²) < 4.78 is 5.48. The van der Waals surface area contributed by atoms with Gasteiger partial charge in [-0.3, -0.25) is 0 Å². The summed E-state index contributed by atoms with van der Waals surface area (Å²) in [6.45, 7) is 5.54. The van der Waals surface area contributed by atoms with Crippen molar-refractivity contribution in [3.63, 3.8) is 0 Å². The van der Waals surface area contributed by atoms with Gasteiger partial charge in [0.05, 0.1) is 6.54 Å². The van der Waals surface area contributed by atoms with Gasteiger partial charge in [-0.2, -0.15) is 0 Å². The highest BCUT2D eigenvalue weighted by molar-refractivity contribution is 5.47. The van der Waals surface area contributed by atoms with Crippen molar-refractivity contribution in [2.45, 2.75) is 26.9 Å². The minimum Gasteiger partial charge on any atom is -0.465 e. The molecule has 1 aromatic heterocycles. The van der Waals surface area contributed by atoms with Gasteiger partial charge in [0.25, 0.3) is 0 Å². The molecule has 0 unspecified atom stereocenters. The minimum atomic E-state index is 0.747. The molecule has 3 N–H and O–H groups in total. The van der Waals surface area contributed by atoms with Crippen LogP contribution in [-0.4, -0.2) is 0 Å². The molecule has 0 fully saturated rings. The van der Waals surface area contributed by atoms with Crippen LogP contribution in [0.15, 0.2) is 34.7 Å². The van der Waals surface area contributed by atoms with Crippen LogP contribution in [0.3, 0.4) is 0 Å². The summed E-state index contributed by atoms with van der Waals surface area (Å²) >= 11 is 0. The quantitative estimate of drug-likeness (QED) is 0.794. The fourth-order valence-electron chi connectivity index (χ4n) is 1.76. The lowest BCUT2D eigenvalue weighted by molar-refractivity contribution is 0.461. The molecule has 0 bridgehead atoms. The second kappa shape index (κ2) is 5.06. The second-order valence-corrected chi connectivity index (χ2v) is 4.31. The number of benzene rings is 1. The van der Waals surface area contributed by atoms with E-state index in [4.69, 9.17) is 10.2 Å². The first-order chi connectivity index (χ1) is 8.15. The van der Waals surface area contributed by atoms with Crippen molar-refractivity contribution in [3.8, 4) is 0 Å². The number of furan rings is 1. The van der Waals surface area contributed by atoms with Gasteiger partial charge < -0.3 is 15.5 Å². The Morgan fingerprint density at radius 1 is 1.12 bits per heavy atom. The van der Waals surface area contributed by atoms with E-state index >= 15 is 0 Å². The lowest BCUT2D eigenvalue weighted by Crippen LogP contribution is -2.12. The van der Waals surface area contributed by atoms with E-state index in [-0.39, 0.29) is 0 Å². The van der Waals surface area contributed by atoms with E-state index in [2.05, 4.69) is 11.4 Å². The van der Waals surface area contributed by atoms with E-state index in [0.29, 0.717) is 0 Å². The molecule has 1 heterocycles. The van der Waals surface area contributed by atoms with Gasteiger partial charge in [-0.15, -0.1) is 0 Å². The Balaban J connectivity index is 1.87. The molecule has 0 saturated heterocycles. The largest absolute Gasteiger partial charge is 0.465 e. The van der Waals surface area contributed by atoms with Gasteiger partial charge >= 0.3 is 0 Å². The third-order valence-electron chi connectivity index (χ3n) is 2.76. The molecule has 0 atom stereocenters. The van der Waals surface area contributed by atoms with E-state index in [1.807, 2.05) is 38.1 Å². The molecular formula is C14H18N2O. The maximum absolute atomic E-state index is 5.78. The standard InChI is InChI=1S/C14H18N2O/c1-10-7-12(4-6-14(10)15)8-16-9-13-5-3-11(2)17-13/h3-7,16H,8-9,15H2,1-2H3. The molecule has 2 rings (SSSR count). The lowest BCUT2D eigenvalue weighted by atomic mass is 10.1. The average molecular weight is 230 g/mol. The monoisotopic (exact) mass is 230 g/mol. The highest BCUT2D eigenvalue weighted by atomic mass is 16.3. The zero-order valence-corrected chi connectivity index (χ0v) is 10.3.